The lowest BCUT2D eigenvalue weighted by Gasteiger charge is -2.18. The summed E-state index contributed by atoms with van der Waals surface area (Å²) in [6.07, 6.45) is 13.9. The van der Waals surface area contributed by atoms with E-state index in [-0.39, 0.29) is 11.1 Å². The van der Waals surface area contributed by atoms with Crippen LogP contribution in [-0.4, -0.2) is 44.5 Å². The Hall–Kier alpha value is -3.92. The highest BCUT2D eigenvalue weighted by Crippen LogP contribution is 2.40. The van der Waals surface area contributed by atoms with Crippen molar-refractivity contribution >= 4 is 11.6 Å². The van der Waals surface area contributed by atoms with Crippen molar-refractivity contribution in [1.82, 2.24) is 44.5 Å². The average molecular weight is 490 g/mol. The second-order valence-electron chi connectivity index (χ2n) is 8.78. The van der Waals surface area contributed by atoms with Crippen LogP contribution in [0.2, 0.25) is 5.02 Å². The van der Waals surface area contributed by atoms with Crippen LogP contribution in [0.1, 0.15) is 31.0 Å². The third kappa shape index (κ3) is 4.10. The molecule has 0 saturated heterocycles. The molecule has 1 aromatic carbocycles. The lowest BCUT2D eigenvalue weighted by Crippen LogP contribution is -2.14. The van der Waals surface area contributed by atoms with Crippen LogP contribution < -0.4 is 0 Å². The number of nitrogens with zero attached hydrogens (tertiary/aromatic N) is 9. The van der Waals surface area contributed by atoms with E-state index in [0.717, 1.165) is 23.4 Å². The molecular weight excluding hydrogens is 469 g/mol. The molecule has 0 amide bonds. The molecule has 0 N–H and O–H groups in total. The summed E-state index contributed by atoms with van der Waals surface area (Å²) in [6.45, 7) is 0. The molecule has 1 fully saturated rings. The number of imidazole rings is 1. The largest absolute Gasteiger partial charge is 0.334 e. The molecule has 0 spiro atoms. The average Bonchev–Trinajstić information content (AvgIpc) is 3.25. The first-order chi connectivity index (χ1) is 17.1. The number of halogens is 2. The van der Waals surface area contributed by atoms with Gasteiger partial charge in [-0.1, -0.05) is 30.5 Å². The molecule has 4 heterocycles. The van der Waals surface area contributed by atoms with Crippen molar-refractivity contribution < 1.29 is 4.39 Å². The van der Waals surface area contributed by atoms with Crippen LogP contribution in [0.5, 0.6) is 0 Å². The molecule has 4 aromatic heterocycles. The lowest BCUT2D eigenvalue weighted by atomic mass is 10.0. The molecule has 0 aliphatic heterocycles. The quantitative estimate of drug-likeness (QED) is 0.334. The van der Waals surface area contributed by atoms with Crippen molar-refractivity contribution in [3.63, 3.8) is 0 Å². The van der Waals surface area contributed by atoms with Gasteiger partial charge in [-0.15, -0.1) is 5.10 Å². The van der Waals surface area contributed by atoms with Gasteiger partial charge in [-0.05, 0) is 41.0 Å². The predicted molar refractivity (Wildman–Crippen MR) is 127 cm³/mol. The summed E-state index contributed by atoms with van der Waals surface area (Å²) in [5.41, 5.74) is 4.21. The van der Waals surface area contributed by atoms with E-state index in [1.165, 1.54) is 29.9 Å². The molecule has 1 atom stereocenters. The Labute approximate surface area is 205 Å². The predicted octanol–water partition coefficient (Wildman–Crippen LogP) is 4.50. The van der Waals surface area contributed by atoms with E-state index in [1.807, 2.05) is 47.0 Å². The minimum atomic E-state index is -0.545. The van der Waals surface area contributed by atoms with Gasteiger partial charge in [0.15, 0.2) is 5.82 Å². The maximum absolute atomic E-state index is 15.2. The molecule has 0 radical (unpaired) electrons. The highest BCUT2D eigenvalue weighted by atomic mass is 35.5. The molecule has 5 aromatic rings. The SMILES string of the molecule is Cn1cncc1-c1cnn(C(CC2CC2)c2ccc(-c3c(-n4cnnn4)ccc(Cl)c3F)cn2)c1. The van der Waals surface area contributed by atoms with Gasteiger partial charge in [-0.2, -0.15) is 9.78 Å². The topological polar surface area (TPSA) is 92.1 Å². The molecule has 35 heavy (non-hydrogen) atoms. The second-order valence-corrected chi connectivity index (χ2v) is 9.18. The van der Waals surface area contributed by atoms with Crippen molar-refractivity contribution in [1.29, 1.82) is 0 Å². The fourth-order valence-electron chi connectivity index (χ4n) is 4.34. The van der Waals surface area contributed by atoms with Crippen LogP contribution >= 0.6 is 11.6 Å². The molecule has 11 heteroatoms. The van der Waals surface area contributed by atoms with Gasteiger partial charge in [-0.25, -0.2) is 9.37 Å². The summed E-state index contributed by atoms with van der Waals surface area (Å²) in [5, 5.41) is 15.9. The zero-order valence-corrected chi connectivity index (χ0v) is 19.6. The first-order valence-corrected chi connectivity index (χ1v) is 11.6. The van der Waals surface area contributed by atoms with Gasteiger partial charge in [0.05, 0.1) is 46.9 Å². The smallest absolute Gasteiger partial charge is 0.151 e. The molecule has 1 aliphatic rings. The molecule has 1 unspecified atom stereocenters. The number of aryl methyl sites for hydroxylation is 1. The third-order valence-corrected chi connectivity index (χ3v) is 6.66. The molecule has 0 bridgehead atoms. The standard InChI is InChI=1S/C24H21ClFN9/c1-33-13-27-11-22(33)17-10-30-34(12-17)21(8-15-2-3-15)19-6-4-16(9-28-19)23-20(35-14-29-31-32-35)7-5-18(25)24(23)26/h4-7,9-15,21H,2-3,8H2,1H3. The molecule has 9 nitrogen and oxygen atoms in total. The van der Waals surface area contributed by atoms with Crippen molar-refractivity contribution in [2.45, 2.75) is 25.3 Å². The fourth-order valence-corrected chi connectivity index (χ4v) is 4.50. The minimum Gasteiger partial charge on any atom is -0.334 e. The molecule has 6 rings (SSSR count). The number of pyridine rings is 1. The normalized spacial score (nSPS) is 14.4. The Morgan fingerprint density at radius 2 is 1.97 bits per heavy atom. The Kier molecular flexibility index (Phi) is 5.37. The van der Waals surface area contributed by atoms with Gasteiger partial charge in [0, 0.05) is 36.1 Å². The van der Waals surface area contributed by atoms with Crippen LogP contribution in [0, 0.1) is 11.7 Å². The van der Waals surface area contributed by atoms with Crippen molar-refractivity contribution in [3.8, 4) is 28.1 Å². The summed E-state index contributed by atoms with van der Waals surface area (Å²) < 4.78 is 20.5. The van der Waals surface area contributed by atoms with Gasteiger partial charge in [0.25, 0.3) is 0 Å². The molecule has 1 aliphatic carbocycles. The lowest BCUT2D eigenvalue weighted by molar-refractivity contribution is 0.455. The number of hydrogen-bond acceptors (Lipinski definition) is 6. The van der Waals surface area contributed by atoms with Crippen LogP contribution in [0.4, 0.5) is 4.39 Å². The van der Waals surface area contributed by atoms with Crippen molar-refractivity contribution in [2.75, 3.05) is 0 Å². The van der Waals surface area contributed by atoms with Crippen molar-refractivity contribution in [3.05, 3.63) is 78.2 Å². The van der Waals surface area contributed by atoms with Gasteiger partial charge in [0.1, 0.15) is 6.33 Å². The van der Waals surface area contributed by atoms with Gasteiger partial charge in [0.2, 0.25) is 0 Å². The zero-order valence-electron chi connectivity index (χ0n) is 18.8. The van der Waals surface area contributed by atoms with Gasteiger partial charge < -0.3 is 4.57 Å². The molecule has 1 saturated carbocycles. The Bertz CT molecular complexity index is 1470. The Balaban J connectivity index is 1.37. The maximum Gasteiger partial charge on any atom is 0.151 e. The molecule has 176 valence electrons. The van der Waals surface area contributed by atoms with Crippen LogP contribution in [-0.2, 0) is 7.05 Å². The van der Waals surface area contributed by atoms with Crippen LogP contribution in [0.15, 0.2) is 61.7 Å². The van der Waals surface area contributed by atoms with Crippen LogP contribution in [0.25, 0.3) is 28.1 Å². The van der Waals surface area contributed by atoms with E-state index in [2.05, 4.69) is 25.6 Å². The van der Waals surface area contributed by atoms with E-state index in [1.54, 1.807) is 18.6 Å². The summed E-state index contributed by atoms with van der Waals surface area (Å²) in [4.78, 5) is 8.95. The van der Waals surface area contributed by atoms with E-state index >= 15 is 4.39 Å². The number of aromatic nitrogens is 9. The van der Waals surface area contributed by atoms with E-state index < -0.39 is 5.82 Å². The number of benzene rings is 1. The van der Waals surface area contributed by atoms with Crippen molar-refractivity contribution in [2.24, 2.45) is 13.0 Å². The van der Waals surface area contributed by atoms with Gasteiger partial charge >= 0.3 is 0 Å². The zero-order chi connectivity index (χ0) is 23.9. The second kappa shape index (κ2) is 8.70. The number of tetrazole rings is 1. The fraction of sp³-hybridized carbons (Fsp3) is 0.250. The van der Waals surface area contributed by atoms with E-state index in [4.69, 9.17) is 16.6 Å². The maximum atomic E-state index is 15.2. The highest BCUT2D eigenvalue weighted by molar-refractivity contribution is 6.31. The number of hydrogen-bond donors (Lipinski definition) is 0. The summed E-state index contributed by atoms with van der Waals surface area (Å²) in [6, 6.07) is 6.93. The van der Waals surface area contributed by atoms with E-state index in [9.17, 15) is 0 Å². The Morgan fingerprint density at radius 1 is 1.09 bits per heavy atom. The molecular formula is C24H21ClFN9. The van der Waals surface area contributed by atoms with Crippen LogP contribution in [0.3, 0.4) is 0 Å². The first-order valence-electron chi connectivity index (χ1n) is 11.3. The summed E-state index contributed by atoms with van der Waals surface area (Å²) in [7, 11) is 1.96. The minimum absolute atomic E-state index is 0.0201. The monoisotopic (exact) mass is 489 g/mol. The summed E-state index contributed by atoms with van der Waals surface area (Å²) in [5.74, 6) is 0.110. The van der Waals surface area contributed by atoms with E-state index in [0.29, 0.717) is 22.7 Å². The van der Waals surface area contributed by atoms with Gasteiger partial charge in [-0.3, -0.25) is 9.67 Å². The third-order valence-electron chi connectivity index (χ3n) is 6.37. The number of rotatable bonds is 7. The summed E-state index contributed by atoms with van der Waals surface area (Å²) >= 11 is 6.10. The Morgan fingerprint density at radius 3 is 2.66 bits per heavy atom. The first kappa shape index (κ1) is 21.6. The highest BCUT2D eigenvalue weighted by Gasteiger charge is 2.29.